The fraction of sp³-hybridized carbons (Fsp3) is 0.533. The van der Waals surface area contributed by atoms with Gasteiger partial charge in [0.05, 0.1) is 6.61 Å². The maximum absolute atomic E-state index is 11.5. The van der Waals surface area contributed by atoms with Crippen molar-refractivity contribution in [2.24, 2.45) is 0 Å². The van der Waals surface area contributed by atoms with Crippen molar-refractivity contribution in [3.63, 3.8) is 0 Å². The first-order valence-corrected chi connectivity index (χ1v) is 7.24. The molecule has 1 saturated carbocycles. The summed E-state index contributed by atoms with van der Waals surface area (Å²) >= 11 is 0. The third-order valence-electron chi connectivity index (χ3n) is 3.40. The minimum atomic E-state index is -0.815. The Bertz CT molecular complexity index is 470. The van der Waals surface area contributed by atoms with Crippen molar-refractivity contribution < 1.29 is 19.1 Å². The zero-order valence-corrected chi connectivity index (χ0v) is 12.1. The smallest absolute Gasteiger partial charge is 0.396 e. The maximum atomic E-state index is 11.5. The van der Waals surface area contributed by atoms with Gasteiger partial charge in [-0.2, -0.15) is 0 Å². The number of rotatable bonds is 4. The van der Waals surface area contributed by atoms with Crippen LogP contribution in [-0.4, -0.2) is 35.6 Å². The van der Waals surface area contributed by atoms with E-state index in [2.05, 4.69) is 15.0 Å². The third-order valence-corrected chi connectivity index (χ3v) is 3.40. The maximum Gasteiger partial charge on any atom is 0.396 e. The highest BCUT2D eigenvalue weighted by molar-refractivity contribution is 6.32. The highest BCUT2D eigenvalue weighted by atomic mass is 16.5. The Balaban J connectivity index is 1.73. The molecule has 0 atom stereocenters. The average molecular weight is 292 g/mol. The number of carbonyl (C=O) groups is 2. The van der Waals surface area contributed by atoms with Crippen LogP contribution >= 0.6 is 0 Å². The van der Waals surface area contributed by atoms with Gasteiger partial charge in [0.2, 0.25) is 5.88 Å². The van der Waals surface area contributed by atoms with Gasteiger partial charge in [-0.15, -0.1) is 0 Å². The van der Waals surface area contributed by atoms with Crippen molar-refractivity contribution in [1.29, 1.82) is 0 Å². The fourth-order valence-corrected chi connectivity index (χ4v) is 2.35. The number of amides is 1. The predicted octanol–water partition coefficient (Wildman–Crippen LogP) is 1.45. The van der Waals surface area contributed by atoms with E-state index in [0.29, 0.717) is 5.88 Å². The van der Waals surface area contributed by atoms with E-state index in [4.69, 9.17) is 4.74 Å². The van der Waals surface area contributed by atoms with E-state index in [0.717, 1.165) is 25.7 Å². The molecule has 21 heavy (non-hydrogen) atoms. The largest absolute Gasteiger partial charge is 0.474 e. The predicted molar refractivity (Wildman–Crippen MR) is 75.7 cm³/mol. The Morgan fingerprint density at radius 1 is 1.29 bits per heavy atom. The molecule has 0 aliphatic heterocycles. The van der Waals surface area contributed by atoms with E-state index in [9.17, 15) is 9.59 Å². The van der Waals surface area contributed by atoms with Gasteiger partial charge < -0.3 is 14.8 Å². The molecule has 1 aromatic rings. The molecular formula is C15H20N2O4. The summed E-state index contributed by atoms with van der Waals surface area (Å²) in [6.45, 7) is 1.88. The molecule has 0 aromatic carbocycles. The molecular weight excluding hydrogens is 272 g/mol. The summed E-state index contributed by atoms with van der Waals surface area (Å²) in [5.74, 6) is -0.855. The average Bonchev–Trinajstić information content (AvgIpc) is 2.50. The molecule has 0 saturated heterocycles. The second-order valence-electron chi connectivity index (χ2n) is 4.95. The van der Waals surface area contributed by atoms with Crippen LogP contribution in [0.3, 0.4) is 0 Å². The number of esters is 1. The molecule has 6 nitrogen and oxygen atoms in total. The Labute approximate surface area is 123 Å². The standard InChI is InChI=1S/C15H20N2O4/c1-2-20-15(19)14(18)17-11-6-8-12(9-7-11)21-13-5-3-4-10-16-13/h3-5,10-12H,2,6-9H2,1H3,(H,17,18). The molecule has 1 fully saturated rings. The number of ether oxygens (including phenoxy) is 2. The van der Waals surface area contributed by atoms with E-state index in [1.54, 1.807) is 13.1 Å². The monoisotopic (exact) mass is 292 g/mol. The number of carbonyl (C=O) groups excluding carboxylic acids is 2. The zero-order valence-electron chi connectivity index (χ0n) is 12.1. The van der Waals surface area contributed by atoms with Gasteiger partial charge in [0.25, 0.3) is 0 Å². The van der Waals surface area contributed by atoms with Crippen molar-refractivity contribution in [2.45, 2.75) is 44.8 Å². The van der Waals surface area contributed by atoms with Gasteiger partial charge in [-0.05, 0) is 38.7 Å². The van der Waals surface area contributed by atoms with E-state index >= 15 is 0 Å². The molecule has 1 aliphatic rings. The van der Waals surface area contributed by atoms with Crippen LogP contribution in [0, 0.1) is 0 Å². The van der Waals surface area contributed by atoms with Crippen molar-refractivity contribution >= 4 is 11.9 Å². The summed E-state index contributed by atoms with van der Waals surface area (Å²) in [7, 11) is 0. The highest BCUT2D eigenvalue weighted by Gasteiger charge is 2.26. The molecule has 0 radical (unpaired) electrons. The molecule has 1 N–H and O–H groups in total. The Morgan fingerprint density at radius 2 is 2.05 bits per heavy atom. The van der Waals surface area contributed by atoms with Gasteiger partial charge >= 0.3 is 11.9 Å². The van der Waals surface area contributed by atoms with Crippen molar-refractivity contribution in [2.75, 3.05) is 6.61 Å². The molecule has 6 heteroatoms. The molecule has 1 aliphatic carbocycles. The van der Waals surface area contributed by atoms with E-state index in [1.165, 1.54) is 0 Å². The first kappa shape index (κ1) is 15.3. The first-order valence-electron chi connectivity index (χ1n) is 7.24. The highest BCUT2D eigenvalue weighted by Crippen LogP contribution is 2.22. The topological polar surface area (TPSA) is 77.5 Å². The minimum Gasteiger partial charge on any atom is -0.474 e. The molecule has 0 bridgehead atoms. The Hall–Kier alpha value is -2.11. The van der Waals surface area contributed by atoms with Crippen LogP contribution in [0.5, 0.6) is 5.88 Å². The fourth-order valence-electron chi connectivity index (χ4n) is 2.35. The van der Waals surface area contributed by atoms with Gasteiger partial charge in [-0.1, -0.05) is 6.07 Å². The Kier molecular flexibility index (Phi) is 5.54. The van der Waals surface area contributed by atoms with Crippen LogP contribution in [0.15, 0.2) is 24.4 Å². The number of nitrogens with one attached hydrogen (secondary N) is 1. The van der Waals surface area contributed by atoms with Gasteiger partial charge in [-0.25, -0.2) is 9.78 Å². The molecule has 1 amide bonds. The van der Waals surface area contributed by atoms with Gasteiger partial charge in [0.1, 0.15) is 6.10 Å². The van der Waals surface area contributed by atoms with E-state index in [1.807, 2.05) is 18.2 Å². The van der Waals surface area contributed by atoms with Gasteiger partial charge in [-0.3, -0.25) is 4.79 Å². The summed E-state index contributed by atoms with van der Waals surface area (Å²) < 4.78 is 10.4. The number of pyridine rings is 1. The zero-order chi connectivity index (χ0) is 15.1. The number of nitrogens with zero attached hydrogens (tertiary/aromatic N) is 1. The van der Waals surface area contributed by atoms with Gasteiger partial charge in [0, 0.05) is 18.3 Å². The van der Waals surface area contributed by atoms with Crippen LogP contribution in [-0.2, 0) is 14.3 Å². The second-order valence-corrected chi connectivity index (χ2v) is 4.95. The first-order chi connectivity index (χ1) is 10.2. The summed E-state index contributed by atoms with van der Waals surface area (Å²) in [5, 5.41) is 2.70. The van der Waals surface area contributed by atoms with Crippen LogP contribution in [0.2, 0.25) is 0 Å². The quantitative estimate of drug-likeness (QED) is 0.671. The van der Waals surface area contributed by atoms with Crippen LogP contribution in [0.4, 0.5) is 0 Å². The summed E-state index contributed by atoms with van der Waals surface area (Å²) in [6.07, 6.45) is 5.01. The van der Waals surface area contributed by atoms with E-state index < -0.39 is 11.9 Å². The molecule has 0 unspecified atom stereocenters. The summed E-state index contributed by atoms with van der Waals surface area (Å²) in [6, 6.07) is 5.56. The molecule has 0 spiro atoms. The van der Waals surface area contributed by atoms with Crippen LogP contribution in [0.1, 0.15) is 32.6 Å². The van der Waals surface area contributed by atoms with Crippen molar-refractivity contribution in [3.05, 3.63) is 24.4 Å². The lowest BCUT2D eigenvalue weighted by Gasteiger charge is -2.28. The number of hydrogen-bond acceptors (Lipinski definition) is 5. The third kappa shape index (κ3) is 4.73. The lowest BCUT2D eigenvalue weighted by Crippen LogP contribution is -2.43. The summed E-state index contributed by atoms with van der Waals surface area (Å²) in [4.78, 5) is 26.9. The summed E-state index contributed by atoms with van der Waals surface area (Å²) in [5.41, 5.74) is 0. The minimum absolute atomic E-state index is 0.00508. The van der Waals surface area contributed by atoms with Gasteiger partial charge in [0.15, 0.2) is 0 Å². The number of aromatic nitrogens is 1. The number of hydrogen-bond donors (Lipinski definition) is 1. The lowest BCUT2D eigenvalue weighted by atomic mass is 9.93. The van der Waals surface area contributed by atoms with Crippen molar-refractivity contribution in [3.8, 4) is 5.88 Å². The molecule has 1 heterocycles. The Morgan fingerprint density at radius 3 is 2.67 bits per heavy atom. The normalized spacial score (nSPS) is 21.4. The molecule has 2 rings (SSSR count). The van der Waals surface area contributed by atoms with Crippen molar-refractivity contribution in [1.82, 2.24) is 10.3 Å². The van der Waals surface area contributed by atoms with Crippen LogP contribution in [0.25, 0.3) is 0 Å². The lowest BCUT2D eigenvalue weighted by molar-refractivity contribution is -0.155. The van der Waals surface area contributed by atoms with Crippen LogP contribution < -0.4 is 10.1 Å². The molecule has 1 aromatic heterocycles. The molecule has 114 valence electrons. The SMILES string of the molecule is CCOC(=O)C(=O)NC1CCC(Oc2ccccn2)CC1. The second kappa shape index (κ2) is 7.61. The van der Waals surface area contributed by atoms with E-state index in [-0.39, 0.29) is 18.8 Å².